The van der Waals surface area contributed by atoms with Crippen molar-refractivity contribution in [2.75, 3.05) is 13.2 Å². The number of benzene rings is 2. The van der Waals surface area contributed by atoms with E-state index in [1.165, 1.54) is 11.3 Å². The van der Waals surface area contributed by atoms with Crippen molar-refractivity contribution in [3.05, 3.63) is 70.9 Å². The lowest BCUT2D eigenvalue weighted by Crippen LogP contribution is -2.03. The summed E-state index contributed by atoms with van der Waals surface area (Å²) in [6.45, 7) is 6.41. The van der Waals surface area contributed by atoms with E-state index in [-0.39, 0.29) is 5.97 Å². The molecule has 0 amide bonds. The molecule has 2 aromatic carbocycles. The first kappa shape index (κ1) is 23.1. The summed E-state index contributed by atoms with van der Waals surface area (Å²) in [5.41, 5.74) is 0.750. The number of carbonyl (C=O) groups excluding carboxylic acids is 1. The molecule has 0 unspecified atom stereocenters. The van der Waals surface area contributed by atoms with Crippen molar-refractivity contribution in [3.63, 3.8) is 0 Å². The van der Waals surface area contributed by atoms with Crippen molar-refractivity contribution in [3.8, 4) is 17.4 Å². The molecule has 2 aromatic heterocycles. The van der Waals surface area contributed by atoms with E-state index in [1.54, 1.807) is 18.7 Å². The van der Waals surface area contributed by atoms with Crippen molar-refractivity contribution in [1.82, 2.24) is 9.97 Å². The molecule has 0 aliphatic heterocycles. The van der Waals surface area contributed by atoms with Crippen molar-refractivity contribution in [2.45, 2.75) is 31.4 Å². The van der Waals surface area contributed by atoms with E-state index < -0.39 is 0 Å². The third-order valence-corrected chi connectivity index (χ3v) is 6.90. The van der Waals surface area contributed by atoms with Crippen LogP contribution in [-0.2, 0) is 10.5 Å². The lowest BCUT2D eigenvalue weighted by Gasteiger charge is -2.12. The molecule has 0 aliphatic rings. The van der Waals surface area contributed by atoms with Gasteiger partial charge in [0.05, 0.1) is 24.4 Å². The molecule has 0 N–H and O–H groups in total. The van der Waals surface area contributed by atoms with Gasteiger partial charge in [-0.1, -0.05) is 30.3 Å². The van der Waals surface area contributed by atoms with E-state index in [0.717, 1.165) is 10.5 Å². The van der Waals surface area contributed by atoms with Crippen molar-refractivity contribution < 1.29 is 19.0 Å². The highest BCUT2D eigenvalue weighted by molar-refractivity contribution is 7.98. The molecule has 4 rings (SSSR count). The maximum atomic E-state index is 12.5. The van der Waals surface area contributed by atoms with Gasteiger partial charge in [-0.05, 0) is 50.6 Å². The first-order valence-electron chi connectivity index (χ1n) is 10.6. The Bertz CT molecular complexity index is 1260. The van der Waals surface area contributed by atoms with Crippen molar-refractivity contribution in [1.29, 1.82) is 0 Å². The average Bonchev–Trinajstić information content (AvgIpc) is 3.16. The minimum atomic E-state index is -0.362. The Hall–Kier alpha value is -3.10. The maximum absolute atomic E-state index is 12.5. The molecule has 0 radical (unpaired) electrons. The minimum absolute atomic E-state index is 0.308. The molecule has 4 aromatic rings. The Morgan fingerprint density at radius 3 is 2.42 bits per heavy atom. The van der Waals surface area contributed by atoms with Gasteiger partial charge in [-0.25, -0.2) is 9.78 Å². The molecule has 0 spiro atoms. The summed E-state index contributed by atoms with van der Waals surface area (Å²) < 4.78 is 17.2. The van der Waals surface area contributed by atoms with Gasteiger partial charge in [0.25, 0.3) is 0 Å². The van der Waals surface area contributed by atoms with Crippen LogP contribution in [0.3, 0.4) is 0 Å². The molecule has 0 atom stereocenters. The Kier molecular flexibility index (Phi) is 7.47. The predicted octanol–water partition coefficient (Wildman–Crippen LogP) is 6.66. The van der Waals surface area contributed by atoms with Gasteiger partial charge in [0, 0.05) is 4.90 Å². The Morgan fingerprint density at radius 1 is 0.970 bits per heavy atom. The summed E-state index contributed by atoms with van der Waals surface area (Å²) >= 11 is 2.94. The number of esters is 1. The average molecular weight is 481 g/mol. The van der Waals surface area contributed by atoms with Crippen LogP contribution < -0.4 is 9.47 Å². The van der Waals surface area contributed by atoms with Crippen LogP contribution in [-0.4, -0.2) is 29.2 Å². The normalized spacial score (nSPS) is 10.9. The van der Waals surface area contributed by atoms with E-state index >= 15 is 0 Å². The maximum Gasteiger partial charge on any atom is 0.348 e. The fourth-order valence-electron chi connectivity index (χ4n) is 3.25. The smallest absolute Gasteiger partial charge is 0.348 e. The number of nitrogens with zero attached hydrogens (tertiary/aromatic N) is 2. The molecule has 0 fully saturated rings. The predicted molar refractivity (Wildman–Crippen MR) is 132 cm³/mol. The van der Waals surface area contributed by atoms with Crippen LogP contribution in [0.2, 0.25) is 0 Å². The molecule has 8 heteroatoms. The summed E-state index contributed by atoms with van der Waals surface area (Å²) in [5.74, 6) is 2.42. The standard InChI is InChI=1S/C25H24N2O4S2/c1-4-29-18-13-9-10-14-19(18)31-23-21-16(3)22(25(28)30-5-2)33-24(21)27-20(26-23)15-32-17-11-7-6-8-12-17/h6-14H,4-5,15H2,1-3H3. The second-order valence-electron chi connectivity index (χ2n) is 6.99. The number of aromatic nitrogens is 2. The van der Waals surface area contributed by atoms with E-state index in [1.807, 2.05) is 68.4 Å². The number of thiophene rings is 1. The molecule has 0 bridgehead atoms. The number of hydrogen-bond acceptors (Lipinski definition) is 8. The van der Waals surface area contributed by atoms with Crippen LogP contribution in [0.25, 0.3) is 10.2 Å². The van der Waals surface area contributed by atoms with Crippen LogP contribution in [0.15, 0.2) is 59.5 Å². The largest absolute Gasteiger partial charge is 0.490 e. The summed E-state index contributed by atoms with van der Waals surface area (Å²) in [6, 6.07) is 17.6. The SMILES string of the molecule is CCOC(=O)c1sc2nc(CSc3ccccc3)nc(Oc3ccccc3OCC)c2c1C. The monoisotopic (exact) mass is 480 g/mol. The highest BCUT2D eigenvalue weighted by Gasteiger charge is 2.23. The van der Waals surface area contributed by atoms with Crippen LogP contribution in [0.1, 0.15) is 34.9 Å². The summed E-state index contributed by atoms with van der Waals surface area (Å²) in [6.07, 6.45) is 0. The number of aryl methyl sites for hydroxylation is 1. The fraction of sp³-hybridized carbons (Fsp3) is 0.240. The quantitative estimate of drug-likeness (QED) is 0.196. The number of ether oxygens (including phenoxy) is 3. The van der Waals surface area contributed by atoms with Crippen LogP contribution in [0, 0.1) is 6.92 Å². The van der Waals surface area contributed by atoms with Crippen molar-refractivity contribution >= 4 is 39.3 Å². The van der Waals surface area contributed by atoms with Gasteiger partial charge in [-0.2, -0.15) is 4.98 Å². The highest BCUT2D eigenvalue weighted by Crippen LogP contribution is 2.40. The molecular formula is C25H24N2O4S2. The molecular weight excluding hydrogens is 456 g/mol. The molecule has 0 aliphatic carbocycles. The summed E-state index contributed by atoms with van der Waals surface area (Å²) in [7, 11) is 0. The summed E-state index contributed by atoms with van der Waals surface area (Å²) in [5, 5.41) is 0.711. The van der Waals surface area contributed by atoms with E-state index in [0.29, 0.717) is 57.3 Å². The molecule has 33 heavy (non-hydrogen) atoms. The van der Waals surface area contributed by atoms with Crippen LogP contribution in [0.5, 0.6) is 17.4 Å². The zero-order valence-electron chi connectivity index (χ0n) is 18.7. The number of thioether (sulfide) groups is 1. The first-order chi connectivity index (χ1) is 16.1. The molecule has 0 saturated carbocycles. The molecule has 0 saturated heterocycles. The minimum Gasteiger partial charge on any atom is -0.490 e. The van der Waals surface area contributed by atoms with Crippen LogP contribution >= 0.6 is 23.1 Å². The van der Waals surface area contributed by atoms with E-state index in [4.69, 9.17) is 24.2 Å². The number of hydrogen-bond donors (Lipinski definition) is 0. The molecule has 2 heterocycles. The fourth-order valence-corrected chi connectivity index (χ4v) is 5.11. The highest BCUT2D eigenvalue weighted by atomic mass is 32.2. The first-order valence-corrected chi connectivity index (χ1v) is 12.5. The zero-order valence-corrected chi connectivity index (χ0v) is 20.3. The number of para-hydroxylation sites is 2. The van der Waals surface area contributed by atoms with Gasteiger partial charge in [-0.3, -0.25) is 0 Å². The van der Waals surface area contributed by atoms with Gasteiger partial charge < -0.3 is 14.2 Å². The third kappa shape index (κ3) is 5.29. The topological polar surface area (TPSA) is 70.5 Å². The Labute approximate surface area is 200 Å². The van der Waals surface area contributed by atoms with Crippen molar-refractivity contribution in [2.24, 2.45) is 0 Å². The number of carbonyl (C=O) groups is 1. The second-order valence-corrected chi connectivity index (χ2v) is 9.03. The number of rotatable bonds is 9. The van der Waals surface area contributed by atoms with E-state index in [2.05, 4.69) is 0 Å². The third-order valence-electron chi connectivity index (χ3n) is 4.73. The lowest BCUT2D eigenvalue weighted by molar-refractivity contribution is 0.0531. The Balaban J connectivity index is 1.77. The summed E-state index contributed by atoms with van der Waals surface area (Å²) in [4.78, 5) is 24.3. The van der Waals surface area contributed by atoms with E-state index in [9.17, 15) is 4.79 Å². The van der Waals surface area contributed by atoms with Gasteiger partial charge in [0.2, 0.25) is 5.88 Å². The van der Waals surface area contributed by atoms with Gasteiger partial charge in [-0.15, -0.1) is 23.1 Å². The Morgan fingerprint density at radius 2 is 1.70 bits per heavy atom. The lowest BCUT2D eigenvalue weighted by atomic mass is 10.2. The van der Waals surface area contributed by atoms with Gasteiger partial charge in [0.15, 0.2) is 11.5 Å². The molecule has 170 valence electrons. The second kappa shape index (κ2) is 10.7. The van der Waals surface area contributed by atoms with Gasteiger partial charge >= 0.3 is 5.97 Å². The van der Waals surface area contributed by atoms with Gasteiger partial charge in [0.1, 0.15) is 15.5 Å². The zero-order chi connectivity index (χ0) is 23.2. The number of fused-ring (bicyclic) bond motifs is 1. The molecule has 6 nitrogen and oxygen atoms in total. The van der Waals surface area contributed by atoms with Crippen LogP contribution in [0.4, 0.5) is 0 Å².